The van der Waals surface area contributed by atoms with Crippen molar-refractivity contribution in [3.05, 3.63) is 58.0 Å². The second kappa shape index (κ2) is 8.30. The number of likely N-dealkylation sites (tertiary alicyclic amines) is 2. The van der Waals surface area contributed by atoms with E-state index >= 15 is 0 Å². The Morgan fingerprint density at radius 1 is 1.10 bits per heavy atom. The highest BCUT2D eigenvalue weighted by molar-refractivity contribution is 5.76. The molecule has 30 heavy (non-hydrogen) atoms. The number of rotatable bonds is 5. The van der Waals surface area contributed by atoms with Crippen molar-refractivity contribution in [2.75, 3.05) is 26.2 Å². The molecule has 7 nitrogen and oxygen atoms in total. The standard InChI is InChI=1S/C23H29N5O2/c29-22(6-4-20-12-24-7-8-25-20)27-13-17-11-19(16-27)21-5-3-18(23(30)28(21)14-17)15-26-9-1-2-10-26/h3,5,7-8,12,17,19H,1-2,4,6,9-11,13-16H2/t17-,19+/m0/s1. The maximum atomic E-state index is 13.2. The van der Waals surface area contributed by atoms with E-state index < -0.39 is 0 Å². The molecular formula is C23H29N5O2. The summed E-state index contributed by atoms with van der Waals surface area (Å²) >= 11 is 0. The molecule has 2 saturated heterocycles. The van der Waals surface area contributed by atoms with E-state index in [2.05, 4.69) is 20.9 Å². The molecule has 0 aromatic carbocycles. The molecule has 3 aliphatic heterocycles. The van der Waals surface area contributed by atoms with E-state index in [0.717, 1.165) is 56.1 Å². The van der Waals surface area contributed by atoms with Crippen LogP contribution in [0.3, 0.4) is 0 Å². The van der Waals surface area contributed by atoms with Gasteiger partial charge in [0.05, 0.1) is 5.69 Å². The quantitative estimate of drug-likeness (QED) is 0.756. The van der Waals surface area contributed by atoms with E-state index in [9.17, 15) is 9.59 Å². The van der Waals surface area contributed by atoms with Crippen molar-refractivity contribution >= 4 is 5.91 Å². The molecule has 1 amide bonds. The summed E-state index contributed by atoms with van der Waals surface area (Å²) in [5.74, 6) is 0.791. The number of aromatic nitrogens is 3. The zero-order valence-electron chi connectivity index (χ0n) is 17.4. The van der Waals surface area contributed by atoms with Gasteiger partial charge in [0.15, 0.2) is 0 Å². The van der Waals surface area contributed by atoms with Crippen LogP contribution in [-0.2, 0) is 24.3 Å². The lowest BCUT2D eigenvalue weighted by Crippen LogP contribution is -2.49. The van der Waals surface area contributed by atoms with Crippen LogP contribution >= 0.6 is 0 Å². The van der Waals surface area contributed by atoms with Gasteiger partial charge >= 0.3 is 0 Å². The van der Waals surface area contributed by atoms with Crippen molar-refractivity contribution in [1.29, 1.82) is 0 Å². The molecule has 0 aliphatic carbocycles. The Bertz CT molecular complexity index is 967. The number of hydrogen-bond acceptors (Lipinski definition) is 5. The van der Waals surface area contributed by atoms with Crippen LogP contribution in [0.15, 0.2) is 35.5 Å². The van der Waals surface area contributed by atoms with Gasteiger partial charge in [-0.05, 0) is 50.8 Å². The highest BCUT2D eigenvalue weighted by Crippen LogP contribution is 2.35. The first kappa shape index (κ1) is 19.4. The number of pyridine rings is 1. The fraction of sp³-hybridized carbons (Fsp3) is 0.565. The molecule has 2 atom stereocenters. The Labute approximate surface area is 176 Å². The number of nitrogens with zero attached hydrogens (tertiary/aromatic N) is 5. The third kappa shape index (κ3) is 3.90. The second-order valence-corrected chi connectivity index (χ2v) is 8.98. The average molecular weight is 408 g/mol. The van der Waals surface area contributed by atoms with Crippen molar-refractivity contribution in [3.8, 4) is 0 Å². The van der Waals surface area contributed by atoms with Gasteiger partial charge in [0, 0.05) is 68.4 Å². The fourth-order valence-corrected chi connectivity index (χ4v) is 5.35. The maximum absolute atomic E-state index is 13.2. The first-order chi connectivity index (χ1) is 14.7. The van der Waals surface area contributed by atoms with Crippen molar-refractivity contribution in [1.82, 2.24) is 24.3 Å². The SMILES string of the molecule is O=C(CCc1cnccn1)N1C[C@@H]2C[C@H](C1)c1ccc(CN3CCCC3)c(=O)n1C2. The highest BCUT2D eigenvalue weighted by Gasteiger charge is 2.36. The molecule has 0 unspecified atom stereocenters. The van der Waals surface area contributed by atoms with Crippen molar-refractivity contribution in [3.63, 3.8) is 0 Å². The van der Waals surface area contributed by atoms with E-state index in [4.69, 9.17) is 0 Å². The monoisotopic (exact) mass is 407 g/mol. The number of amides is 1. The summed E-state index contributed by atoms with van der Waals surface area (Å²) in [6, 6.07) is 4.17. The second-order valence-electron chi connectivity index (χ2n) is 8.98. The van der Waals surface area contributed by atoms with E-state index in [1.165, 1.54) is 12.8 Å². The Hall–Kier alpha value is -2.54. The summed E-state index contributed by atoms with van der Waals surface area (Å²) in [6.07, 6.45) is 9.65. The predicted octanol–water partition coefficient (Wildman–Crippen LogP) is 1.81. The normalized spacial score (nSPS) is 23.4. The van der Waals surface area contributed by atoms with Crippen LogP contribution in [-0.4, -0.2) is 56.4 Å². The Morgan fingerprint density at radius 3 is 2.77 bits per heavy atom. The Balaban J connectivity index is 1.28. The number of hydrogen-bond donors (Lipinski definition) is 0. The van der Waals surface area contributed by atoms with Crippen LogP contribution in [0.2, 0.25) is 0 Å². The molecule has 3 aliphatic rings. The van der Waals surface area contributed by atoms with E-state index in [0.29, 0.717) is 25.3 Å². The summed E-state index contributed by atoms with van der Waals surface area (Å²) in [5, 5.41) is 0. The summed E-state index contributed by atoms with van der Waals surface area (Å²) in [5.41, 5.74) is 3.05. The van der Waals surface area contributed by atoms with Gasteiger partial charge in [-0.25, -0.2) is 0 Å². The van der Waals surface area contributed by atoms with Gasteiger partial charge in [-0.3, -0.25) is 24.5 Å². The summed E-state index contributed by atoms with van der Waals surface area (Å²) < 4.78 is 2.01. The van der Waals surface area contributed by atoms with Gasteiger partial charge in [-0.15, -0.1) is 0 Å². The minimum Gasteiger partial charge on any atom is -0.342 e. The van der Waals surface area contributed by atoms with E-state index in [-0.39, 0.29) is 17.4 Å². The van der Waals surface area contributed by atoms with Gasteiger partial charge in [-0.1, -0.05) is 6.07 Å². The number of piperidine rings is 1. The molecule has 7 heteroatoms. The van der Waals surface area contributed by atoms with Crippen molar-refractivity contribution < 1.29 is 4.79 Å². The van der Waals surface area contributed by atoms with Gasteiger partial charge < -0.3 is 9.47 Å². The van der Waals surface area contributed by atoms with Crippen LogP contribution in [0.25, 0.3) is 0 Å². The predicted molar refractivity (Wildman–Crippen MR) is 113 cm³/mol. The molecule has 0 saturated carbocycles. The van der Waals surface area contributed by atoms with Crippen LogP contribution < -0.4 is 5.56 Å². The van der Waals surface area contributed by atoms with Crippen LogP contribution in [0, 0.1) is 5.92 Å². The minimum atomic E-state index is 0.177. The molecule has 0 N–H and O–H groups in total. The van der Waals surface area contributed by atoms with E-state index in [1.54, 1.807) is 18.6 Å². The average Bonchev–Trinajstić information content (AvgIpc) is 3.28. The third-order valence-corrected chi connectivity index (χ3v) is 6.84. The van der Waals surface area contributed by atoms with Crippen LogP contribution in [0.1, 0.15) is 48.6 Å². The molecule has 0 radical (unpaired) electrons. The Kier molecular flexibility index (Phi) is 5.37. The van der Waals surface area contributed by atoms with Crippen LogP contribution in [0.5, 0.6) is 0 Å². The fourth-order valence-electron chi connectivity index (χ4n) is 5.35. The number of carbonyl (C=O) groups is 1. The van der Waals surface area contributed by atoms with Crippen molar-refractivity contribution in [2.45, 2.75) is 51.1 Å². The smallest absolute Gasteiger partial charge is 0.255 e. The lowest BCUT2D eigenvalue weighted by atomic mass is 9.82. The number of fused-ring (bicyclic) bond motifs is 4. The molecule has 2 aromatic rings. The summed E-state index contributed by atoms with van der Waals surface area (Å²) in [4.78, 5) is 38.7. The van der Waals surface area contributed by atoms with Crippen LogP contribution in [0.4, 0.5) is 0 Å². The highest BCUT2D eigenvalue weighted by atomic mass is 16.2. The van der Waals surface area contributed by atoms with Gasteiger partial charge in [-0.2, -0.15) is 0 Å². The van der Waals surface area contributed by atoms with Gasteiger partial charge in [0.1, 0.15) is 0 Å². The minimum absolute atomic E-state index is 0.177. The molecule has 2 aromatic heterocycles. The summed E-state index contributed by atoms with van der Waals surface area (Å²) in [7, 11) is 0. The number of carbonyl (C=O) groups excluding carboxylic acids is 1. The Morgan fingerprint density at radius 2 is 1.97 bits per heavy atom. The third-order valence-electron chi connectivity index (χ3n) is 6.84. The molecule has 2 bridgehead atoms. The molecular weight excluding hydrogens is 378 g/mol. The molecule has 5 rings (SSSR count). The van der Waals surface area contributed by atoms with E-state index in [1.807, 2.05) is 15.5 Å². The summed E-state index contributed by atoms with van der Waals surface area (Å²) in [6.45, 7) is 5.14. The molecule has 0 spiro atoms. The van der Waals surface area contributed by atoms with Gasteiger partial charge in [0.25, 0.3) is 5.56 Å². The molecule has 158 valence electrons. The van der Waals surface area contributed by atoms with Gasteiger partial charge in [0.2, 0.25) is 5.91 Å². The zero-order valence-corrected chi connectivity index (χ0v) is 17.4. The maximum Gasteiger partial charge on any atom is 0.255 e. The zero-order chi connectivity index (χ0) is 20.5. The molecule has 2 fully saturated rings. The topological polar surface area (TPSA) is 71.3 Å². The lowest BCUT2D eigenvalue weighted by molar-refractivity contribution is -0.133. The van der Waals surface area contributed by atoms with Crippen molar-refractivity contribution in [2.24, 2.45) is 5.92 Å². The first-order valence-corrected chi connectivity index (χ1v) is 11.1. The molecule has 5 heterocycles. The largest absolute Gasteiger partial charge is 0.342 e. The first-order valence-electron chi connectivity index (χ1n) is 11.1. The number of aryl methyl sites for hydroxylation is 1. The lowest BCUT2D eigenvalue weighted by Gasteiger charge is -2.43.